The minimum absolute atomic E-state index is 0.109. The van der Waals surface area contributed by atoms with Crippen LogP contribution < -0.4 is 4.72 Å². The molecular formula is C20H16ClN3O2S2. The van der Waals surface area contributed by atoms with Gasteiger partial charge in [-0.3, -0.25) is 9.71 Å². The van der Waals surface area contributed by atoms with Crippen molar-refractivity contribution in [2.24, 2.45) is 0 Å². The predicted octanol–water partition coefficient (Wildman–Crippen LogP) is 5.43. The minimum Gasteiger partial charge on any atom is -0.279 e. The second-order valence-corrected chi connectivity index (χ2v) is 9.65. The van der Waals surface area contributed by atoms with E-state index in [9.17, 15) is 8.42 Å². The molecule has 3 aromatic heterocycles. The Bertz CT molecular complexity index is 1290. The van der Waals surface area contributed by atoms with Crippen molar-refractivity contribution in [2.75, 3.05) is 4.72 Å². The molecule has 4 aromatic rings. The maximum atomic E-state index is 13.0. The van der Waals surface area contributed by atoms with Crippen molar-refractivity contribution >= 4 is 48.9 Å². The van der Waals surface area contributed by atoms with Gasteiger partial charge in [0.25, 0.3) is 10.0 Å². The van der Waals surface area contributed by atoms with Crippen LogP contribution in [0.5, 0.6) is 0 Å². The Balaban J connectivity index is 1.92. The van der Waals surface area contributed by atoms with E-state index in [1.807, 2.05) is 26.0 Å². The highest BCUT2D eigenvalue weighted by Crippen LogP contribution is 2.42. The van der Waals surface area contributed by atoms with Crippen LogP contribution in [0.2, 0.25) is 5.02 Å². The van der Waals surface area contributed by atoms with Crippen molar-refractivity contribution in [3.63, 3.8) is 0 Å². The number of hydrogen-bond donors (Lipinski definition) is 1. The third kappa shape index (κ3) is 3.48. The average Bonchev–Trinajstić information content (AvgIpc) is 2.98. The van der Waals surface area contributed by atoms with Gasteiger partial charge in [-0.1, -0.05) is 23.7 Å². The van der Waals surface area contributed by atoms with Gasteiger partial charge in [-0.05, 0) is 44.2 Å². The van der Waals surface area contributed by atoms with Crippen molar-refractivity contribution in [1.82, 2.24) is 9.97 Å². The lowest BCUT2D eigenvalue weighted by molar-refractivity contribution is 0.601. The number of halogens is 1. The van der Waals surface area contributed by atoms with Crippen LogP contribution in [0.3, 0.4) is 0 Å². The number of hydrogen-bond acceptors (Lipinski definition) is 5. The third-order valence-corrected chi connectivity index (χ3v) is 6.86. The number of aryl methyl sites for hydroxylation is 2. The number of thiophene rings is 1. The summed E-state index contributed by atoms with van der Waals surface area (Å²) >= 11 is 7.51. The number of fused-ring (bicyclic) bond motifs is 1. The second kappa shape index (κ2) is 7.16. The average molecular weight is 430 g/mol. The molecule has 0 radical (unpaired) electrons. The molecular weight excluding hydrogens is 414 g/mol. The van der Waals surface area contributed by atoms with Crippen LogP contribution in [0.15, 0.2) is 59.8 Å². The Morgan fingerprint density at radius 3 is 2.64 bits per heavy atom. The Morgan fingerprint density at radius 1 is 1.11 bits per heavy atom. The van der Waals surface area contributed by atoms with Crippen LogP contribution in [-0.4, -0.2) is 18.4 Å². The SMILES string of the molecule is Cc1cc(NS(=O)(=O)c2cccc(Cl)c2)c2c(-c3cccnc3)c(C)sc2n1. The molecule has 1 aromatic carbocycles. The molecule has 0 saturated heterocycles. The first-order valence-corrected chi connectivity index (χ1v) is 11.1. The molecule has 0 saturated carbocycles. The van der Waals surface area contributed by atoms with Gasteiger partial charge in [0, 0.05) is 44.5 Å². The Labute approximate surface area is 172 Å². The van der Waals surface area contributed by atoms with Crippen LogP contribution in [-0.2, 0) is 10.0 Å². The van der Waals surface area contributed by atoms with Crippen LogP contribution >= 0.6 is 22.9 Å². The number of sulfonamides is 1. The summed E-state index contributed by atoms with van der Waals surface area (Å²) < 4.78 is 28.7. The maximum absolute atomic E-state index is 13.0. The zero-order chi connectivity index (χ0) is 19.9. The molecule has 0 aliphatic carbocycles. The summed E-state index contributed by atoms with van der Waals surface area (Å²) in [6.07, 6.45) is 3.47. The number of pyridine rings is 2. The van der Waals surface area contributed by atoms with Crippen molar-refractivity contribution in [3.8, 4) is 11.1 Å². The molecule has 5 nitrogen and oxygen atoms in total. The van der Waals surface area contributed by atoms with Gasteiger partial charge in [0.2, 0.25) is 0 Å². The first-order chi connectivity index (χ1) is 13.3. The zero-order valence-electron chi connectivity index (χ0n) is 15.1. The first-order valence-electron chi connectivity index (χ1n) is 8.45. The number of aromatic nitrogens is 2. The molecule has 142 valence electrons. The van der Waals surface area contributed by atoms with Crippen LogP contribution in [0, 0.1) is 13.8 Å². The lowest BCUT2D eigenvalue weighted by atomic mass is 10.0. The molecule has 0 amide bonds. The molecule has 1 N–H and O–H groups in total. The number of benzene rings is 1. The summed E-state index contributed by atoms with van der Waals surface area (Å²) in [6.45, 7) is 3.84. The normalized spacial score (nSPS) is 11.7. The largest absolute Gasteiger partial charge is 0.279 e. The maximum Gasteiger partial charge on any atom is 0.261 e. The zero-order valence-corrected chi connectivity index (χ0v) is 17.5. The predicted molar refractivity (Wildman–Crippen MR) is 115 cm³/mol. The number of rotatable bonds is 4. The molecule has 0 aliphatic heterocycles. The topological polar surface area (TPSA) is 72.0 Å². The lowest BCUT2D eigenvalue weighted by Crippen LogP contribution is -2.13. The smallest absolute Gasteiger partial charge is 0.261 e. The lowest BCUT2D eigenvalue weighted by Gasteiger charge is -2.12. The van der Waals surface area contributed by atoms with E-state index in [2.05, 4.69) is 14.7 Å². The van der Waals surface area contributed by atoms with Gasteiger partial charge >= 0.3 is 0 Å². The molecule has 0 atom stereocenters. The van der Waals surface area contributed by atoms with Gasteiger partial charge < -0.3 is 0 Å². The summed E-state index contributed by atoms with van der Waals surface area (Å²) in [5.74, 6) is 0. The van der Waals surface area contributed by atoms with E-state index in [1.165, 1.54) is 23.5 Å². The van der Waals surface area contributed by atoms with Gasteiger partial charge in [-0.15, -0.1) is 11.3 Å². The Kier molecular flexibility index (Phi) is 4.82. The van der Waals surface area contributed by atoms with Gasteiger partial charge in [-0.25, -0.2) is 13.4 Å². The van der Waals surface area contributed by atoms with Crippen molar-refractivity contribution in [3.05, 3.63) is 70.5 Å². The summed E-state index contributed by atoms with van der Waals surface area (Å²) in [4.78, 5) is 10.7. The summed E-state index contributed by atoms with van der Waals surface area (Å²) in [5.41, 5.74) is 3.07. The molecule has 4 rings (SSSR count). The first kappa shape index (κ1) is 18.9. The summed E-state index contributed by atoms with van der Waals surface area (Å²) in [6, 6.07) is 11.7. The second-order valence-electron chi connectivity index (χ2n) is 6.33. The molecule has 3 heterocycles. The van der Waals surface area contributed by atoms with E-state index in [1.54, 1.807) is 30.6 Å². The molecule has 28 heavy (non-hydrogen) atoms. The Hall–Kier alpha value is -2.48. The summed E-state index contributed by atoms with van der Waals surface area (Å²) in [7, 11) is -3.81. The van der Waals surface area contributed by atoms with Gasteiger partial charge in [0.15, 0.2) is 0 Å². The molecule has 0 fully saturated rings. The highest BCUT2D eigenvalue weighted by atomic mass is 35.5. The van der Waals surface area contributed by atoms with Crippen LogP contribution in [0.4, 0.5) is 5.69 Å². The molecule has 0 aliphatic rings. The fourth-order valence-electron chi connectivity index (χ4n) is 3.11. The number of nitrogens with one attached hydrogen (secondary N) is 1. The van der Waals surface area contributed by atoms with E-state index in [0.717, 1.165) is 31.9 Å². The van der Waals surface area contributed by atoms with Crippen molar-refractivity contribution < 1.29 is 8.42 Å². The Morgan fingerprint density at radius 2 is 1.93 bits per heavy atom. The van der Waals surface area contributed by atoms with E-state index >= 15 is 0 Å². The molecule has 0 spiro atoms. The third-order valence-electron chi connectivity index (χ3n) is 4.27. The fourth-order valence-corrected chi connectivity index (χ4v) is 5.59. The van der Waals surface area contributed by atoms with Gasteiger partial charge in [0.05, 0.1) is 10.6 Å². The van der Waals surface area contributed by atoms with E-state index in [0.29, 0.717) is 10.7 Å². The van der Waals surface area contributed by atoms with Crippen molar-refractivity contribution in [2.45, 2.75) is 18.7 Å². The van der Waals surface area contributed by atoms with Gasteiger partial charge in [-0.2, -0.15) is 0 Å². The van der Waals surface area contributed by atoms with E-state index in [4.69, 9.17) is 11.6 Å². The minimum atomic E-state index is -3.81. The highest BCUT2D eigenvalue weighted by molar-refractivity contribution is 7.92. The number of nitrogens with zero attached hydrogens (tertiary/aromatic N) is 2. The van der Waals surface area contributed by atoms with Crippen LogP contribution in [0.1, 0.15) is 10.6 Å². The standard InChI is InChI=1S/C20H16ClN3O2S2/c1-12-9-17(24-28(25,26)16-7-3-6-15(21)10-16)19-18(13(2)27-20(19)23-12)14-5-4-8-22-11-14/h3-11H,1-2H3,(H,23,24). The quantitative estimate of drug-likeness (QED) is 0.469. The highest BCUT2D eigenvalue weighted by Gasteiger charge is 2.21. The molecule has 8 heteroatoms. The fraction of sp³-hybridized carbons (Fsp3) is 0.100. The monoisotopic (exact) mass is 429 g/mol. The molecule has 0 bridgehead atoms. The van der Waals surface area contributed by atoms with E-state index < -0.39 is 10.0 Å². The number of anilines is 1. The summed E-state index contributed by atoms with van der Waals surface area (Å²) in [5, 5.41) is 1.13. The van der Waals surface area contributed by atoms with E-state index in [-0.39, 0.29) is 4.90 Å². The van der Waals surface area contributed by atoms with Crippen LogP contribution in [0.25, 0.3) is 21.3 Å². The van der Waals surface area contributed by atoms with Crippen molar-refractivity contribution in [1.29, 1.82) is 0 Å². The molecule has 0 unspecified atom stereocenters. The van der Waals surface area contributed by atoms with Gasteiger partial charge in [0.1, 0.15) is 4.83 Å².